The molecule has 0 spiro atoms. The van der Waals surface area contributed by atoms with Crippen LogP contribution in [-0.4, -0.2) is 19.1 Å². The van der Waals surface area contributed by atoms with Crippen molar-refractivity contribution < 1.29 is 0 Å². The van der Waals surface area contributed by atoms with Gasteiger partial charge in [-0.15, -0.1) is 0 Å². The fourth-order valence-corrected chi connectivity index (χ4v) is 2.53. The maximum atomic E-state index is 6.38. The van der Waals surface area contributed by atoms with Crippen molar-refractivity contribution in [2.75, 3.05) is 18.0 Å². The molecule has 0 amide bonds. The standard InChI is InChI=1S/C16H27ClN2/c1-6-19(13(4)5)16-9-7-8-15(17)14(16)11-18-10-12(2)3/h7-9,12-13,18H,6,10-11H2,1-5H3. The maximum Gasteiger partial charge on any atom is 0.0471 e. The molecule has 0 aliphatic carbocycles. The smallest absolute Gasteiger partial charge is 0.0471 e. The molecule has 1 N–H and O–H groups in total. The van der Waals surface area contributed by atoms with Crippen LogP contribution in [0.4, 0.5) is 5.69 Å². The first-order valence-corrected chi connectivity index (χ1v) is 7.59. The van der Waals surface area contributed by atoms with E-state index in [2.05, 4.69) is 50.9 Å². The van der Waals surface area contributed by atoms with Crippen molar-refractivity contribution in [2.24, 2.45) is 5.92 Å². The zero-order valence-electron chi connectivity index (χ0n) is 12.8. The summed E-state index contributed by atoms with van der Waals surface area (Å²) in [6.45, 7) is 13.9. The van der Waals surface area contributed by atoms with Crippen LogP contribution in [0.25, 0.3) is 0 Å². The van der Waals surface area contributed by atoms with Crippen LogP contribution in [0.1, 0.15) is 40.2 Å². The molecule has 0 saturated heterocycles. The zero-order chi connectivity index (χ0) is 14.4. The monoisotopic (exact) mass is 282 g/mol. The summed E-state index contributed by atoms with van der Waals surface area (Å²) >= 11 is 6.38. The Morgan fingerprint density at radius 1 is 1.21 bits per heavy atom. The van der Waals surface area contributed by atoms with Gasteiger partial charge < -0.3 is 10.2 Å². The first kappa shape index (κ1) is 16.3. The number of nitrogens with zero attached hydrogens (tertiary/aromatic N) is 1. The van der Waals surface area contributed by atoms with E-state index in [0.717, 1.165) is 24.7 Å². The Balaban J connectivity index is 2.94. The third kappa shape index (κ3) is 4.70. The summed E-state index contributed by atoms with van der Waals surface area (Å²) in [5, 5.41) is 4.34. The van der Waals surface area contributed by atoms with Crippen molar-refractivity contribution in [1.82, 2.24) is 5.32 Å². The van der Waals surface area contributed by atoms with Crippen molar-refractivity contribution >= 4 is 17.3 Å². The molecule has 1 aromatic rings. The number of halogens is 1. The predicted octanol–water partition coefficient (Wildman–Crippen LogP) is 4.32. The van der Waals surface area contributed by atoms with Crippen LogP contribution in [0.2, 0.25) is 5.02 Å². The summed E-state index contributed by atoms with van der Waals surface area (Å²) in [6, 6.07) is 6.66. The van der Waals surface area contributed by atoms with E-state index in [9.17, 15) is 0 Å². The van der Waals surface area contributed by atoms with Gasteiger partial charge in [-0.05, 0) is 45.4 Å². The van der Waals surface area contributed by atoms with Gasteiger partial charge in [-0.25, -0.2) is 0 Å². The topological polar surface area (TPSA) is 15.3 Å². The highest BCUT2D eigenvalue weighted by Gasteiger charge is 2.14. The number of hydrogen-bond acceptors (Lipinski definition) is 2. The average Bonchev–Trinajstić information content (AvgIpc) is 2.32. The lowest BCUT2D eigenvalue weighted by Gasteiger charge is -2.30. The Bertz CT molecular complexity index is 388. The lowest BCUT2D eigenvalue weighted by molar-refractivity contribution is 0.551. The molecule has 0 aliphatic heterocycles. The number of rotatable bonds is 7. The molecule has 0 radical (unpaired) electrons. The minimum absolute atomic E-state index is 0.479. The Hall–Kier alpha value is -0.730. The zero-order valence-corrected chi connectivity index (χ0v) is 13.6. The number of nitrogens with one attached hydrogen (secondary N) is 1. The first-order valence-electron chi connectivity index (χ1n) is 7.22. The number of hydrogen-bond donors (Lipinski definition) is 1. The lowest BCUT2D eigenvalue weighted by atomic mass is 10.1. The molecule has 0 heterocycles. The van der Waals surface area contributed by atoms with Crippen molar-refractivity contribution in [1.29, 1.82) is 0 Å². The number of anilines is 1. The van der Waals surface area contributed by atoms with Crippen molar-refractivity contribution in [3.05, 3.63) is 28.8 Å². The van der Waals surface area contributed by atoms with E-state index in [1.165, 1.54) is 11.3 Å². The molecule has 0 unspecified atom stereocenters. The second-order valence-corrected chi connectivity index (χ2v) is 6.05. The molecule has 0 atom stereocenters. The molecule has 0 saturated carbocycles. The van der Waals surface area contributed by atoms with E-state index in [0.29, 0.717) is 12.0 Å². The van der Waals surface area contributed by atoms with Crippen LogP contribution < -0.4 is 10.2 Å². The van der Waals surface area contributed by atoms with E-state index < -0.39 is 0 Å². The van der Waals surface area contributed by atoms with Crippen LogP contribution in [-0.2, 0) is 6.54 Å². The highest BCUT2D eigenvalue weighted by molar-refractivity contribution is 6.31. The van der Waals surface area contributed by atoms with E-state index in [1.807, 2.05) is 12.1 Å². The summed E-state index contributed by atoms with van der Waals surface area (Å²) in [6.07, 6.45) is 0. The minimum Gasteiger partial charge on any atom is -0.369 e. The predicted molar refractivity (Wildman–Crippen MR) is 86.2 cm³/mol. The van der Waals surface area contributed by atoms with Crippen LogP contribution in [0.3, 0.4) is 0 Å². The van der Waals surface area contributed by atoms with E-state index >= 15 is 0 Å². The van der Waals surface area contributed by atoms with Gasteiger partial charge in [0.2, 0.25) is 0 Å². The molecule has 0 aliphatic rings. The Kier molecular flexibility index (Phi) is 6.67. The SMILES string of the molecule is CCN(c1cccc(Cl)c1CNCC(C)C)C(C)C. The van der Waals surface area contributed by atoms with Gasteiger partial charge >= 0.3 is 0 Å². The minimum atomic E-state index is 0.479. The van der Waals surface area contributed by atoms with Gasteiger partial charge in [-0.1, -0.05) is 31.5 Å². The fourth-order valence-electron chi connectivity index (χ4n) is 2.29. The molecule has 19 heavy (non-hydrogen) atoms. The molecule has 1 aromatic carbocycles. The van der Waals surface area contributed by atoms with Crippen molar-refractivity contribution in [2.45, 2.75) is 47.2 Å². The summed E-state index contributed by atoms with van der Waals surface area (Å²) in [5.74, 6) is 0.651. The molecular formula is C16H27ClN2. The van der Waals surface area contributed by atoms with Gasteiger partial charge in [0.1, 0.15) is 0 Å². The normalized spacial score (nSPS) is 11.4. The Morgan fingerprint density at radius 3 is 2.42 bits per heavy atom. The highest BCUT2D eigenvalue weighted by atomic mass is 35.5. The number of benzene rings is 1. The lowest BCUT2D eigenvalue weighted by Crippen LogP contribution is -2.32. The van der Waals surface area contributed by atoms with Crippen LogP contribution in [0.15, 0.2) is 18.2 Å². The third-order valence-electron chi connectivity index (χ3n) is 3.22. The summed E-state index contributed by atoms with van der Waals surface area (Å²) in [5.41, 5.74) is 2.46. The highest BCUT2D eigenvalue weighted by Crippen LogP contribution is 2.28. The van der Waals surface area contributed by atoms with E-state index in [1.54, 1.807) is 0 Å². The van der Waals surface area contributed by atoms with Crippen LogP contribution in [0.5, 0.6) is 0 Å². The van der Waals surface area contributed by atoms with Gasteiger partial charge in [-0.2, -0.15) is 0 Å². The first-order chi connectivity index (χ1) is 8.97. The van der Waals surface area contributed by atoms with Crippen LogP contribution >= 0.6 is 11.6 Å². The molecule has 0 bridgehead atoms. The molecule has 1 rings (SSSR count). The maximum absolute atomic E-state index is 6.38. The van der Waals surface area contributed by atoms with Gasteiger partial charge in [0.25, 0.3) is 0 Å². The average molecular weight is 283 g/mol. The van der Waals surface area contributed by atoms with E-state index in [-0.39, 0.29) is 0 Å². The van der Waals surface area contributed by atoms with E-state index in [4.69, 9.17) is 11.6 Å². The molecule has 0 fully saturated rings. The van der Waals surface area contributed by atoms with Gasteiger partial charge in [0, 0.05) is 35.4 Å². The third-order valence-corrected chi connectivity index (χ3v) is 3.58. The largest absolute Gasteiger partial charge is 0.369 e. The quantitative estimate of drug-likeness (QED) is 0.801. The van der Waals surface area contributed by atoms with Gasteiger partial charge in [0.15, 0.2) is 0 Å². The second kappa shape index (κ2) is 7.76. The van der Waals surface area contributed by atoms with Crippen molar-refractivity contribution in [3.63, 3.8) is 0 Å². The molecular weight excluding hydrogens is 256 g/mol. The Labute approximate surface area is 123 Å². The summed E-state index contributed by atoms with van der Waals surface area (Å²) in [7, 11) is 0. The fraction of sp³-hybridized carbons (Fsp3) is 0.625. The second-order valence-electron chi connectivity index (χ2n) is 5.64. The molecule has 0 aromatic heterocycles. The molecule has 3 heteroatoms. The summed E-state index contributed by atoms with van der Waals surface area (Å²) in [4.78, 5) is 2.39. The van der Waals surface area contributed by atoms with Crippen LogP contribution in [0, 0.1) is 5.92 Å². The summed E-state index contributed by atoms with van der Waals surface area (Å²) < 4.78 is 0. The van der Waals surface area contributed by atoms with Gasteiger partial charge in [0.05, 0.1) is 0 Å². The Morgan fingerprint density at radius 2 is 1.89 bits per heavy atom. The van der Waals surface area contributed by atoms with Crippen molar-refractivity contribution in [3.8, 4) is 0 Å². The molecule has 2 nitrogen and oxygen atoms in total. The van der Waals surface area contributed by atoms with Gasteiger partial charge in [-0.3, -0.25) is 0 Å². The molecule has 108 valence electrons.